The number of nitrogens with zero attached hydrogens (tertiary/aromatic N) is 4. The minimum absolute atomic E-state index is 0.0402. The molecule has 2 aromatic heterocycles. The molecular weight excluding hydrogens is 390 g/mol. The fourth-order valence-electron chi connectivity index (χ4n) is 3.20. The quantitative estimate of drug-likeness (QED) is 0.322. The van der Waals surface area contributed by atoms with Crippen molar-refractivity contribution in [2.24, 2.45) is 0 Å². The van der Waals surface area contributed by atoms with Gasteiger partial charge in [0, 0.05) is 22.7 Å². The zero-order valence-electron chi connectivity index (χ0n) is 14.8. The van der Waals surface area contributed by atoms with Gasteiger partial charge in [0.2, 0.25) is 0 Å². The van der Waals surface area contributed by atoms with Crippen molar-refractivity contribution >= 4 is 39.4 Å². The molecule has 1 N–H and O–H groups in total. The molecule has 140 valence electrons. The number of hydrogen-bond donors (Lipinski definition) is 1. The molecule has 0 saturated carbocycles. The first-order chi connectivity index (χ1) is 14.1. The van der Waals surface area contributed by atoms with Crippen molar-refractivity contribution in [1.29, 1.82) is 0 Å². The first-order valence-corrected chi connectivity index (χ1v) is 9.13. The third kappa shape index (κ3) is 3.07. The molecule has 0 saturated heterocycles. The van der Waals surface area contributed by atoms with E-state index in [1.807, 2.05) is 36.4 Å². The zero-order chi connectivity index (χ0) is 20.0. The van der Waals surface area contributed by atoms with Crippen LogP contribution in [0.15, 0.2) is 66.7 Å². The van der Waals surface area contributed by atoms with E-state index in [0.717, 1.165) is 16.6 Å². The van der Waals surface area contributed by atoms with Crippen LogP contribution >= 0.6 is 11.6 Å². The van der Waals surface area contributed by atoms with E-state index in [2.05, 4.69) is 15.0 Å². The lowest BCUT2D eigenvalue weighted by molar-refractivity contribution is -0.384. The third-order valence-corrected chi connectivity index (χ3v) is 4.84. The van der Waals surface area contributed by atoms with E-state index in [1.54, 1.807) is 18.2 Å². The Morgan fingerprint density at radius 2 is 1.59 bits per heavy atom. The number of nitro groups is 1. The van der Waals surface area contributed by atoms with Crippen molar-refractivity contribution in [2.45, 2.75) is 0 Å². The third-order valence-electron chi connectivity index (χ3n) is 4.59. The lowest BCUT2D eigenvalue weighted by Gasteiger charge is -2.09. The monoisotopic (exact) mass is 401 g/mol. The van der Waals surface area contributed by atoms with Gasteiger partial charge in [0.25, 0.3) is 5.69 Å². The summed E-state index contributed by atoms with van der Waals surface area (Å²) in [7, 11) is 0. The predicted molar refractivity (Wildman–Crippen MR) is 112 cm³/mol. The second-order valence-electron chi connectivity index (χ2n) is 6.46. The topological polar surface area (TPSA) is 97.6 Å². The summed E-state index contributed by atoms with van der Waals surface area (Å²) >= 11 is 6.03. The Kier molecular flexibility index (Phi) is 3.96. The van der Waals surface area contributed by atoms with Crippen molar-refractivity contribution in [3.63, 3.8) is 0 Å². The highest BCUT2D eigenvalue weighted by molar-refractivity contribution is 6.30. The van der Waals surface area contributed by atoms with Gasteiger partial charge in [0.05, 0.1) is 27.0 Å². The molecule has 2 heterocycles. The maximum Gasteiger partial charge on any atom is 0.271 e. The number of benzene rings is 3. The summed E-state index contributed by atoms with van der Waals surface area (Å²) in [4.78, 5) is 28.0. The average Bonchev–Trinajstić information content (AvgIpc) is 3.17. The van der Waals surface area contributed by atoms with Crippen LogP contribution in [0.4, 0.5) is 5.69 Å². The van der Waals surface area contributed by atoms with Crippen LogP contribution in [-0.2, 0) is 0 Å². The molecule has 0 bridgehead atoms. The molecule has 0 aliphatic carbocycles. The lowest BCUT2D eigenvalue weighted by atomic mass is 10.1. The summed E-state index contributed by atoms with van der Waals surface area (Å²) in [6.07, 6.45) is 0. The van der Waals surface area contributed by atoms with Crippen LogP contribution < -0.4 is 0 Å². The number of aromatic nitrogens is 4. The largest absolute Gasteiger partial charge is 0.337 e. The summed E-state index contributed by atoms with van der Waals surface area (Å²) in [5.74, 6) is 0.539. The average molecular weight is 402 g/mol. The standard InChI is InChI=1S/C21H12ClN5O2/c22-13-7-5-12(6-8-13)19-20(21-25-15-3-1-2-4-16(15)26-21)24-18-11-14(27(28)29)9-10-17(18)23-19/h1-11H,(H,25,26). The number of aromatic amines is 1. The van der Waals surface area contributed by atoms with Gasteiger partial charge >= 0.3 is 0 Å². The van der Waals surface area contributed by atoms with Crippen molar-refractivity contribution in [2.75, 3.05) is 0 Å². The minimum Gasteiger partial charge on any atom is -0.337 e. The van der Waals surface area contributed by atoms with Crippen LogP contribution in [0.3, 0.4) is 0 Å². The first-order valence-electron chi connectivity index (χ1n) is 8.76. The molecule has 5 aromatic rings. The van der Waals surface area contributed by atoms with E-state index in [1.165, 1.54) is 12.1 Å². The number of halogens is 1. The number of nitrogens with one attached hydrogen (secondary N) is 1. The summed E-state index contributed by atoms with van der Waals surface area (Å²) < 4.78 is 0. The maximum atomic E-state index is 11.2. The number of fused-ring (bicyclic) bond motifs is 2. The summed E-state index contributed by atoms with van der Waals surface area (Å²) in [6, 6.07) is 19.4. The lowest BCUT2D eigenvalue weighted by Crippen LogP contribution is -1.97. The molecule has 0 aliphatic rings. The molecule has 29 heavy (non-hydrogen) atoms. The Balaban J connectivity index is 1.80. The van der Waals surface area contributed by atoms with Crippen molar-refractivity contribution < 1.29 is 4.92 Å². The van der Waals surface area contributed by atoms with Crippen LogP contribution in [-0.4, -0.2) is 24.9 Å². The smallest absolute Gasteiger partial charge is 0.271 e. The number of imidazole rings is 1. The van der Waals surface area contributed by atoms with Crippen molar-refractivity contribution in [3.8, 4) is 22.8 Å². The van der Waals surface area contributed by atoms with Gasteiger partial charge in [-0.05, 0) is 30.3 Å². The molecule has 0 atom stereocenters. The van der Waals surface area contributed by atoms with Crippen LogP contribution in [0.5, 0.6) is 0 Å². The molecule has 0 amide bonds. The van der Waals surface area contributed by atoms with E-state index >= 15 is 0 Å². The minimum atomic E-state index is -0.449. The SMILES string of the molecule is O=[N+]([O-])c1ccc2nc(-c3ccc(Cl)cc3)c(-c3nc4ccccc4[nH]3)nc2c1. The first kappa shape index (κ1) is 17.3. The van der Waals surface area contributed by atoms with E-state index < -0.39 is 4.92 Å². The molecule has 8 heteroatoms. The molecule has 0 unspecified atom stereocenters. The van der Waals surface area contributed by atoms with Gasteiger partial charge in [-0.2, -0.15) is 0 Å². The van der Waals surface area contributed by atoms with Gasteiger partial charge in [-0.3, -0.25) is 10.1 Å². The number of hydrogen-bond acceptors (Lipinski definition) is 5. The molecule has 7 nitrogen and oxygen atoms in total. The Labute approximate surface area is 169 Å². The summed E-state index contributed by atoms with van der Waals surface area (Å²) in [5, 5.41) is 11.8. The number of rotatable bonds is 3. The van der Waals surface area contributed by atoms with Gasteiger partial charge < -0.3 is 4.98 Å². The highest BCUT2D eigenvalue weighted by atomic mass is 35.5. The van der Waals surface area contributed by atoms with Crippen LogP contribution in [0.25, 0.3) is 44.8 Å². The molecular formula is C21H12ClN5O2. The van der Waals surface area contributed by atoms with E-state index in [4.69, 9.17) is 16.6 Å². The Bertz CT molecular complexity index is 1360. The normalized spacial score (nSPS) is 11.2. The predicted octanol–water partition coefficient (Wildman–Crippen LogP) is 5.40. The van der Waals surface area contributed by atoms with Gasteiger partial charge in [0.15, 0.2) is 5.82 Å². The molecule has 3 aromatic carbocycles. The van der Waals surface area contributed by atoms with Crippen LogP contribution in [0.2, 0.25) is 5.02 Å². The summed E-state index contributed by atoms with van der Waals surface area (Å²) in [5.41, 5.74) is 4.54. The molecule has 0 aliphatic heterocycles. The van der Waals surface area contributed by atoms with E-state index in [9.17, 15) is 10.1 Å². The molecule has 0 spiro atoms. The van der Waals surface area contributed by atoms with Crippen LogP contribution in [0.1, 0.15) is 0 Å². The fraction of sp³-hybridized carbons (Fsp3) is 0. The number of non-ortho nitro benzene ring substituents is 1. The van der Waals surface area contributed by atoms with Gasteiger partial charge in [-0.15, -0.1) is 0 Å². The molecule has 5 rings (SSSR count). The van der Waals surface area contributed by atoms with Crippen molar-refractivity contribution in [3.05, 3.63) is 81.9 Å². The zero-order valence-corrected chi connectivity index (χ0v) is 15.6. The van der Waals surface area contributed by atoms with E-state index in [0.29, 0.717) is 33.3 Å². The summed E-state index contributed by atoms with van der Waals surface area (Å²) in [6.45, 7) is 0. The highest BCUT2D eigenvalue weighted by Gasteiger charge is 2.18. The fourth-order valence-corrected chi connectivity index (χ4v) is 3.32. The number of H-pyrrole nitrogens is 1. The van der Waals surface area contributed by atoms with Crippen LogP contribution in [0, 0.1) is 10.1 Å². The number of nitro benzene ring substituents is 1. The number of para-hydroxylation sites is 2. The van der Waals surface area contributed by atoms with Gasteiger partial charge in [-0.1, -0.05) is 35.9 Å². The highest BCUT2D eigenvalue weighted by Crippen LogP contribution is 2.32. The van der Waals surface area contributed by atoms with Gasteiger partial charge in [-0.25, -0.2) is 15.0 Å². The Morgan fingerprint density at radius 3 is 2.34 bits per heavy atom. The maximum absolute atomic E-state index is 11.2. The Morgan fingerprint density at radius 1 is 0.828 bits per heavy atom. The van der Waals surface area contributed by atoms with E-state index in [-0.39, 0.29) is 5.69 Å². The van der Waals surface area contributed by atoms with Crippen molar-refractivity contribution in [1.82, 2.24) is 19.9 Å². The second kappa shape index (κ2) is 6.65. The molecule has 0 radical (unpaired) electrons. The molecule has 0 fully saturated rings. The second-order valence-corrected chi connectivity index (χ2v) is 6.90. The Hall–Kier alpha value is -3.84. The van der Waals surface area contributed by atoms with Gasteiger partial charge in [0.1, 0.15) is 11.4 Å².